The lowest BCUT2D eigenvalue weighted by Gasteiger charge is -2.04. The van der Waals surface area contributed by atoms with Crippen LogP contribution >= 0.6 is 0 Å². The van der Waals surface area contributed by atoms with Gasteiger partial charge in [-0.2, -0.15) is 0 Å². The zero-order chi connectivity index (χ0) is 9.97. The predicted octanol–water partition coefficient (Wildman–Crippen LogP) is 1.73. The smallest absolute Gasteiger partial charge is 0.231 e. The lowest BCUT2D eigenvalue weighted by atomic mass is 10.1. The normalized spacial score (nSPS) is 15.6. The van der Waals surface area contributed by atoms with Crippen molar-refractivity contribution in [3.05, 3.63) is 23.8 Å². The molecular formula is C11H14O3. The highest BCUT2D eigenvalue weighted by Gasteiger charge is 2.12. The summed E-state index contributed by atoms with van der Waals surface area (Å²) in [6.45, 7) is 2.11. The van der Waals surface area contributed by atoms with Gasteiger partial charge in [0.05, 0.1) is 6.10 Å². The van der Waals surface area contributed by atoms with Gasteiger partial charge in [-0.3, -0.25) is 0 Å². The first kappa shape index (κ1) is 9.34. The van der Waals surface area contributed by atoms with Crippen molar-refractivity contribution in [2.45, 2.75) is 25.9 Å². The third-order valence-electron chi connectivity index (χ3n) is 2.29. The van der Waals surface area contributed by atoms with Gasteiger partial charge in [-0.25, -0.2) is 0 Å². The zero-order valence-electron chi connectivity index (χ0n) is 8.19. The molecule has 0 unspecified atom stereocenters. The largest absolute Gasteiger partial charge is 0.454 e. The van der Waals surface area contributed by atoms with Crippen molar-refractivity contribution in [2.24, 2.45) is 0 Å². The minimum Gasteiger partial charge on any atom is -0.454 e. The monoisotopic (exact) mass is 194 g/mol. The first-order chi connectivity index (χ1) is 6.75. The van der Waals surface area contributed by atoms with Crippen molar-refractivity contribution in [1.82, 2.24) is 0 Å². The number of aliphatic hydroxyl groups is 1. The molecule has 1 aromatic carbocycles. The van der Waals surface area contributed by atoms with Gasteiger partial charge in [0.1, 0.15) is 0 Å². The summed E-state index contributed by atoms with van der Waals surface area (Å²) in [6.07, 6.45) is 1.40. The van der Waals surface area contributed by atoms with Crippen molar-refractivity contribution in [3.63, 3.8) is 0 Å². The molecule has 1 aliphatic heterocycles. The van der Waals surface area contributed by atoms with Gasteiger partial charge in [0, 0.05) is 0 Å². The summed E-state index contributed by atoms with van der Waals surface area (Å²) in [5, 5.41) is 9.15. The van der Waals surface area contributed by atoms with E-state index < -0.39 is 0 Å². The van der Waals surface area contributed by atoms with E-state index in [1.165, 1.54) is 5.56 Å². The van der Waals surface area contributed by atoms with E-state index in [4.69, 9.17) is 14.6 Å². The molecule has 0 aliphatic carbocycles. The van der Waals surface area contributed by atoms with E-state index >= 15 is 0 Å². The van der Waals surface area contributed by atoms with Crippen LogP contribution in [0.5, 0.6) is 11.5 Å². The molecule has 0 bridgehead atoms. The first-order valence-electron chi connectivity index (χ1n) is 4.82. The minimum atomic E-state index is -0.250. The van der Waals surface area contributed by atoms with Crippen molar-refractivity contribution in [1.29, 1.82) is 0 Å². The maximum absolute atomic E-state index is 9.15. The van der Waals surface area contributed by atoms with Crippen LogP contribution in [0.2, 0.25) is 0 Å². The van der Waals surface area contributed by atoms with E-state index in [1.54, 1.807) is 6.92 Å². The van der Waals surface area contributed by atoms with Crippen LogP contribution in [0.4, 0.5) is 0 Å². The Labute approximate surface area is 83.3 Å². The zero-order valence-corrected chi connectivity index (χ0v) is 8.19. The van der Waals surface area contributed by atoms with E-state index in [1.807, 2.05) is 18.2 Å². The molecule has 0 fully saturated rings. The van der Waals surface area contributed by atoms with Gasteiger partial charge in [0.15, 0.2) is 11.5 Å². The average molecular weight is 194 g/mol. The molecule has 1 aromatic rings. The number of benzene rings is 1. The van der Waals surface area contributed by atoms with Crippen molar-refractivity contribution in [3.8, 4) is 11.5 Å². The number of hydrogen-bond acceptors (Lipinski definition) is 3. The molecule has 0 spiro atoms. The van der Waals surface area contributed by atoms with Crippen LogP contribution in [0.3, 0.4) is 0 Å². The van der Waals surface area contributed by atoms with E-state index in [0.29, 0.717) is 6.79 Å². The summed E-state index contributed by atoms with van der Waals surface area (Å²) in [7, 11) is 0. The van der Waals surface area contributed by atoms with Crippen LogP contribution in [0.1, 0.15) is 18.9 Å². The second-order valence-corrected chi connectivity index (χ2v) is 3.58. The van der Waals surface area contributed by atoms with E-state index in [2.05, 4.69) is 0 Å². The van der Waals surface area contributed by atoms with Crippen LogP contribution in [0.25, 0.3) is 0 Å². The van der Waals surface area contributed by atoms with Gasteiger partial charge >= 0.3 is 0 Å². The standard InChI is InChI=1S/C11H14O3/c1-8(12)2-3-9-4-5-10-11(6-9)14-7-13-10/h4-6,8,12H,2-3,7H2,1H3/t8-/m1/s1. The average Bonchev–Trinajstić information content (AvgIpc) is 2.61. The fourth-order valence-corrected chi connectivity index (χ4v) is 1.47. The number of fused-ring (bicyclic) bond motifs is 1. The van der Waals surface area contributed by atoms with Gasteiger partial charge in [0.25, 0.3) is 0 Å². The Hall–Kier alpha value is -1.22. The third-order valence-corrected chi connectivity index (χ3v) is 2.29. The Morgan fingerprint density at radius 1 is 1.36 bits per heavy atom. The van der Waals surface area contributed by atoms with Crippen LogP contribution in [-0.4, -0.2) is 18.0 Å². The summed E-state index contributed by atoms with van der Waals surface area (Å²) in [5.41, 5.74) is 1.18. The fourth-order valence-electron chi connectivity index (χ4n) is 1.47. The molecule has 3 nitrogen and oxygen atoms in total. The number of aliphatic hydroxyl groups excluding tert-OH is 1. The number of ether oxygens (including phenoxy) is 2. The molecule has 1 aliphatic rings. The Morgan fingerprint density at radius 2 is 2.14 bits per heavy atom. The Kier molecular flexibility index (Phi) is 2.59. The summed E-state index contributed by atoms with van der Waals surface area (Å²) >= 11 is 0. The lowest BCUT2D eigenvalue weighted by molar-refractivity contribution is 0.173. The Balaban J connectivity index is 2.05. The second kappa shape index (κ2) is 3.88. The molecule has 0 aromatic heterocycles. The molecule has 1 heterocycles. The van der Waals surface area contributed by atoms with Gasteiger partial charge in [-0.1, -0.05) is 6.07 Å². The predicted molar refractivity (Wildman–Crippen MR) is 52.6 cm³/mol. The van der Waals surface area contributed by atoms with Gasteiger partial charge < -0.3 is 14.6 Å². The molecule has 0 saturated heterocycles. The van der Waals surface area contributed by atoms with Crippen molar-refractivity contribution >= 4 is 0 Å². The highest BCUT2D eigenvalue weighted by molar-refractivity contribution is 5.44. The van der Waals surface area contributed by atoms with Crippen molar-refractivity contribution < 1.29 is 14.6 Å². The fraction of sp³-hybridized carbons (Fsp3) is 0.455. The van der Waals surface area contributed by atoms with Crippen LogP contribution in [-0.2, 0) is 6.42 Å². The first-order valence-corrected chi connectivity index (χ1v) is 4.82. The molecule has 76 valence electrons. The molecule has 1 atom stereocenters. The molecule has 0 amide bonds. The van der Waals surface area contributed by atoms with Crippen LogP contribution < -0.4 is 9.47 Å². The maximum Gasteiger partial charge on any atom is 0.231 e. The Bertz CT molecular complexity index is 320. The van der Waals surface area contributed by atoms with E-state index in [0.717, 1.165) is 24.3 Å². The maximum atomic E-state index is 9.15. The molecular weight excluding hydrogens is 180 g/mol. The highest BCUT2D eigenvalue weighted by Crippen LogP contribution is 2.32. The molecule has 0 saturated carbocycles. The number of hydrogen-bond donors (Lipinski definition) is 1. The van der Waals surface area contributed by atoms with E-state index in [9.17, 15) is 0 Å². The number of aryl methyl sites for hydroxylation is 1. The van der Waals surface area contributed by atoms with Crippen LogP contribution in [0.15, 0.2) is 18.2 Å². The molecule has 0 radical (unpaired) electrons. The quantitative estimate of drug-likeness (QED) is 0.796. The number of rotatable bonds is 3. The molecule has 1 N–H and O–H groups in total. The van der Waals surface area contributed by atoms with Gasteiger partial charge in [-0.15, -0.1) is 0 Å². The summed E-state index contributed by atoms with van der Waals surface area (Å²) in [6, 6.07) is 5.90. The third kappa shape index (κ3) is 1.99. The summed E-state index contributed by atoms with van der Waals surface area (Å²) < 4.78 is 10.5. The molecule has 2 rings (SSSR count). The topological polar surface area (TPSA) is 38.7 Å². The second-order valence-electron chi connectivity index (χ2n) is 3.58. The van der Waals surface area contributed by atoms with E-state index in [-0.39, 0.29) is 6.10 Å². The molecule has 3 heteroatoms. The van der Waals surface area contributed by atoms with Crippen LogP contribution in [0, 0.1) is 0 Å². The SMILES string of the molecule is C[C@@H](O)CCc1ccc2c(c1)OCO2. The highest BCUT2D eigenvalue weighted by atomic mass is 16.7. The summed E-state index contributed by atoms with van der Waals surface area (Å²) in [5.74, 6) is 1.62. The van der Waals surface area contributed by atoms with Gasteiger partial charge in [0.2, 0.25) is 6.79 Å². The van der Waals surface area contributed by atoms with Gasteiger partial charge in [-0.05, 0) is 37.5 Å². The summed E-state index contributed by atoms with van der Waals surface area (Å²) in [4.78, 5) is 0. The lowest BCUT2D eigenvalue weighted by Crippen LogP contribution is -2.01. The minimum absolute atomic E-state index is 0.250. The molecule has 14 heavy (non-hydrogen) atoms. The Morgan fingerprint density at radius 3 is 2.93 bits per heavy atom. The van der Waals surface area contributed by atoms with Crippen molar-refractivity contribution in [2.75, 3.05) is 6.79 Å².